The van der Waals surface area contributed by atoms with Crippen molar-refractivity contribution in [1.29, 1.82) is 0 Å². The third kappa shape index (κ3) is 3.55. The average molecular weight is 269 g/mol. The topological polar surface area (TPSA) is 37.0 Å². The lowest BCUT2D eigenvalue weighted by atomic mass is 10.1. The Morgan fingerprint density at radius 3 is 2.63 bits per heavy atom. The van der Waals surface area contributed by atoms with Crippen molar-refractivity contribution < 1.29 is 8.78 Å². The van der Waals surface area contributed by atoms with Crippen molar-refractivity contribution in [3.63, 3.8) is 0 Å². The van der Waals surface area contributed by atoms with E-state index in [1.807, 2.05) is 6.92 Å². The van der Waals surface area contributed by atoms with Crippen LogP contribution in [0.5, 0.6) is 0 Å². The highest BCUT2D eigenvalue weighted by molar-refractivity contribution is 5.48. The van der Waals surface area contributed by atoms with Gasteiger partial charge in [-0.1, -0.05) is 13.8 Å². The standard InChI is InChI=1S/C14H21F2N3/c1-3-6-17-13-11(15)8-12(16)14(19-13)18-10-5-4-9(2)7-10/h8-10H,3-7H2,1-2H3,(H2,17,18,19). The first-order chi connectivity index (χ1) is 9.10. The van der Waals surface area contributed by atoms with Crippen LogP contribution >= 0.6 is 0 Å². The van der Waals surface area contributed by atoms with Crippen LogP contribution in [0.25, 0.3) is 0 Å². The van der Waals surface area contributed by atoms with Gasteiger partial charge in [-0.15, -0.1) is 0 Å². The molecule has 0 amide bonds. The van der Waals surface area contributed by atoms with Crippen molar-refractivity contribution in [2.24, 2.45) is 5.92 Å². The molecule has 106 valence electrons. The first-order valence-corrected chi connectivity index (χ1v) is 6.96. The van der Waals surface area contributed by atoms with Gasteiger partial charge >= 0.3 is 0 Å². The number of aromatic nitrogens is 1. The summed E-state index contributed by atoms with van der Waals surface area (Å²) in [5, 5.41) is 5.96. The quantitative estimate of drug-likeness (QED) is 0.854. The van der Waals surface area contributed by atoms with E-state index in [9.17, 15) is 8.78 Å². The molecule has 1 fully saturated rings. The second-order valence-corrected chi connectivity index (χ2v) is 5.34. The molecule has 2 unspecified atom stereocenters. The molecule has 1 aromatic heterocycles. The number of halogens is 2. The van der Waals surface area contributed by atoms with Crippen molar-refractivity contribution in [3.8, 4) is 0 Å². The maximum absolute atomic E-state index is 13.7. The summed E-state index contributed by atoms with van der Waals surface area (Å²) in [5.41, 5.74) is 0. The van der Waals surface area contributed by atoms with Gasteiger partial charge in [0.1, 0.15) is 0 Å². The highest BCUT2D eigenvalue weighted by Gasteiger charge is 2.23. The molecule has 1 aromatic rings. The van der Waals surface area contributed by atoms with Crippen LogP contribution in [-0.2, 0) is 0 Å². The number of nitrogens with one attached hydrogen (secondary N) is 2. The van der Waals surface area contributed by atoms with E-state index in [2.05, 4.69) is 22.5 Å². The molecule has 2 N–H and O–H groups in total. The van der Waals surface area contributed by atoms with Crippen molar-refractivity contribution in [3.05, 3.63) is 17.7 Å². The molecule has 2 rings (SSSR count). The highest BCUT2D eigenvalue weighted by atomic mass is 19.1. The van der Waals surface area contributed by atoms with E-state index in [1.165, 1.54) is 0 Å². The molecule has 5 heteroatoms. The fourth-order valence-corrected chi connectivity index (χ4v) is 2.47. The number of rotatable bonds is 5. The summed E-state index contributed by atoms with van der Waals surface area (Å²) >= 11 is 0. The van der Waals surface area contributed by atoms with E-state index < -0.39 is 11.6 Å². The third-order valence-corrected chi connectivity index (χ3v) is 3.51. The predicted octanol–water partition coefficient (Wildman–Crippen LogP) is 3.78. The van der Waals surface area contributed by atoms with Gasteiger partial charge in [0.05, 0.1) is 0 Å². The smallest absolute Gasteiger partial charge is 0.168 e. The maximum atomic E-state index is 13.7. The molecule has 1 aliphatic rings. The average Bonchev–Trinajstić information content (AvgIpc) is 2.77. The Hall–Kier alpha value is -1.39. The van der Waals surface area contributed by atoms with E-state index in [-0.39, 0.29) is 17.7 Å². The second kappa shape index (κ2) is 6.17. The van der Waals surface area contributed by atoms with Crippen molar-refractivity contribution in [2.75, 3.05) is 17.2 Å². The van der Waals surface area contributed by atoms with Crippen molar-refractivity contribution in [2.45, 2.75) is 45.6 Å². The zero-order chi connectivity index (χ0) is 13.8. The van der Waals surface area contributed by atoms with Crippen molar-refractivity contribution in [1.82, 2.24) is 4.98 Å². The molecule has 0 spiro atoms. The minimum absolute atomic E-state index is 0.122. The SMILES string of the molecule is CCCNc1nc(NC2CCC(C)C2)c(F)cc1F. The second-order valence-electron chi connectivity index (χ2n) is 5.34. The van der Waals surface area contributed by atoms with Gasteiger partial charge in [-0.3, -0.25) is 0 Å². The van der Waals surface area contributed by atoms with Crippen LogP contribution in [0.2, 0.25) is 0 Å². The van der Waals surface area contributed by atoms with Crippen LogP contribution in [-0.4, -0.2) is 17.6 Å². The summed E-state index contributed by atoms with van der Waals surface area (Å²) < 4.78 is 27.2. The summed E-state index contributed by atoms with van der Waals surface area (Å²) in [6, 6.07) is 1.13. The van der Waals surface area contributed by atoms with Gasteiger partial charge in [0.2, 0.25) is 0 Å². The van der Waals surface area contributed by atoms with E-state index in [4.69, 9.17) is 0 Å². The number of nitrogens with zero attached hydrogens (tertiary/aromatic N) is 1. The molecule has 2 atom stereocenters. The number of pyridine rings is 1. The van der Waals surface area contributed by atoms with Gasteiger partial charge < -0.3 is 10.6 Å². The monoisotopic (exact) mass is 269 g/mol. The lowest BCUT2D eigenvalue weighted by Crippen LogP contribution is -2.18. The Labute approximate surface area is 112 Å². The Morgan fingerprint density at radius 2 is 2.00 bits per heavy atom. The summed E-state index contributed by atoms with van der Waals surface area (Å²) in [6.07, 6.45) is 4.02. The molecule has 0 aliphatic heterocycles. The minimum Gasteiger partial charge on any atom is -0.368 e. The van der Waals surface area contributed by atoms with Crippen LogP contribution in [0.15, 0.2) is 6.07 Å². The van der Waals surface area contributed by atoms with Gasteiger partial charge in [-0.25, -0.2) is 13.8 Å². The van der Waals surface area contributed by atoms with Gasteiger partial charge in [-0.05, 0) is 31.6 Å². The Bertz CT molecular complexity index is 437. The largest absolute Gasteiger partial charge is 0.368 e. The lowest BCUT2D eigenvalue weighted by Gasteiger charge is -2.15. The van der Waals surface area contributed by atoms with Crippen molar-refractivity contribution >= 4 is 11.6 Å². The molecule has 0 aromatic carbocycles. The molecule has 19 heavy (non-hydrogen) atoms. The highest BCUT2D eigenvalue weighted by Crippen LogP contribution is 2.28. The zero-order valence-corrected chi connectivity index (χ0v) is 11.5. The predicted molar refractivity (Wildman–Crippen MR) is 73.4 cm³/mol. The Kier molecular flexibility index (Phi) is 4.56. The summed E-state index contributed by atoms with van der Waals surface area (Å²) in [5.74, 6) is -0.343. The van der Waals surface area contributed by atoms with Crippen LogP contribution in [0.4, 0.5) is 20.4 Å². The van der Waals surface area contributed by atoms with E-state index in [0.717, 1.165) is 31.7 Å². The lowest BCUT2D eigenvalue weighted by molar-refractivity contribution is 0.571. The normalized spacial score (nSPS) is 22.5. The molecule has 1 aliphatic carbocycles. The zero-order valence-electron chi connectivity index (χ0n) is 11.5. The van der Waals surface area contributed by atoms with E-state index in [0.29, 0.717) is 12.5 Å². The number of anilines is 2. The Morgan fingerprint density at radius 1 is 1.26 bits per heavy atom. The number of hydrogen-bond donors (Lipinski definition) is 2. The van der Waals surface area contributed by atoms with Gasteiger partial charge in [0, 0.05) is 18.7 Å². The van der Waals surface area contributed by atoms with E-state index in [1.54, 1.807) is 0 Å². The van der Waals surface area contributed by atoms with Gasteiger partial charge in [0.25, 0.3) is 0 Å². The van der Waals surface area contributed by atoms with E-state index >= 15 is 0 Å². The summed E-state index contributed by atoms with van der Waals surface area (Å²) in [4.78, 5) is 4.03. The van der Waals surface area contributed by atoms with Crippen LogP contribution in [0.1, 0.15) is 39.5 Å². The molecule has 1 heterocycles. The summed E-state index contributed by atoms with van der Waals surface area (Å²) in [7, 11) is 0. The minimum atomic E-state index is -0.642. The van der Waals surface area contributed by atoms with Crippen LogP contribution in [0, 0.1) is 17.6 Å². The molecular weight excluding hydrogens is 248 g/mol. The van der Waals surface area contributed by atoms with Crippen LogP contribution in [0.3, 0.4) is 0 Å². The third-order valence-electron chi connectivity index (χ3n) is 3.51. The fourth-order valence-electron chi connectivity index (χ4n) is 2.47. The molecular formula is C14H21F2N3. The molecule has 0 saturated heterocycles. The Balaban J connectivity index is 2.10. The molecule has 3 nitrogen and oxygen atoms in total. The molecule has 0 radical (unpaired) electrons. The van der Waals surface area contributed by atoms with Gasteiger partial charge in [-0.2, -0.15) is 0 Å². The number of hydrogen-bond acceptors (Lipinski definition) is 3. The fraction of sp³-hybridized carbons (Fsp3) is 0.643. The first-order valence-electron chi connectivity index (χ1n) is 6.96. The van der Waals surface area contributed by atoms with Crippen LogP contribution < -0.4 is 10.6 Å². The molecule has 1 saturated carbocycles. The van der Waals surface area contributed by atoms with Gasteiger partial charge in [0.15, 0.2) is 23.3 Å². The summed E-state index contributed by atoms with van der Waals surface area (Å²) in [6.45, 7) is 4.79. The maximum Gasteiger partial charge on any atom is 0.168 e. The molecule has 0 bridgehead atoms. The first kappa shape index (κ1) is 14.0.